The highest BCUT2D eigenvalue weighted by Crippen LogP contribution is 2.15. The first-order chi connectivity index (χ1) is 9.90. The molecule has 0 spiro atoms. The van der Waals surface area contributed by atoms with Crippen molar-refractivity contribution in [2.45, 2.75) is 26.4 Å². The Kier molecular flexibility index (Phi) is 4.37. The van der Waals surface area contributed by atoms with E-state index in [1.165, 1.54) is 0 Å². The SMILES string of the molecule is CC(C)C(C)(O)CNC(=O)c1ccc(-n2cnnc2)cc1. The van der Waals surface area contributed by atoms with Crippen LogP contribution in [0.3, 0.4) is 0 Å². The molecule has 112 valence electrons. The van der Waals surface area contributed by atoms with E-state index in [1.54, 1.807) is 36.3 Å². The van der Waals surface area contributed by atoms with Crippen molar-refractivity contribution in [1.82, 2.24) is 20.1 Å². The molecule has 0 aliphatic rings. The summed E-state index contributed by atoms with van der Waals surface area (Å²) in [4.78, 5) is 12.1. The van der Waals surface area contributed by atoms with Gasteiger partial charge in [-0.1, -0.05) is 13.8 Å². The number of aromatic nitrogens is 3. The largest absolute Gasteiger partial charge is 0.388 e. The van der Waals surface area contributed by atoms with Crippen molar-refractivity contribution >= 4 is 5.91 Å². The molecule has 2 aromatic rings. The highest BCUT2D eigenvalue weighted by molar-refractivity contribution is 5.94. The van der Waals surface area contributed by atoms with E-state index in [0.717, 1.165) is 5.69 Å². The Morgan fingerprint density at radius 3 is 2.38 bits per heavy atom. The maximum atomic E-state index is 12.1. The molecule has 21 heavy (non-hydrogen) atoms. The maximum absolute atomic E-state index is 12.1. The Morgan fingerprint density at radius 1 is 1.29 bits per heavy atom. The maximum Gasteiger partial charge on any atom is 0.251 e. The summed E-state index contributed by atoms with van der Waals surface area (Å²) in [7, 11) is 0. The molecule has 0 fully saturated rings. The highest BCUT2D eigenvalue weighted by atomic mass is 16.3. The van der Waals surface area contributed by atoms with Crippen LogP contribution in [0.25, 0.3) is 5.69 Å². The number of benzene rings is 1. The molecule has 0 aliphatic carbocycles. The van der Waals surface area contributed by atoms with Gasteiger partial charge in [0.2, 0.25) is 0 Å². The molecule has 0 bridgehead atoms. The van der Waals surface area contributed by atoms with E-state index in [0.29, 0.717) is 5.56 Å². The van der Waals surface area contributed by atoms with Gasteiger partial charge in [-0.15, -0.1) is 10.2 Å². The van der Waals surface area contributed by atoms with E-state index < -0.39 is 5.60 Å². The van der Waals surface area contributed by atoms with Crippen LogP contribution in [0, 0.1) is 5.92 Å². The Bertz CT molecular complexity index is 589. The number of nitrogens with zero attached hydrogens (tertiary/aromatic N) is 3. The van der Waals surface area contributed by atoms with Crippen LogP contribution < -0.4 is 5.32 Å². The fourth-order valence-corrected chi connectivity index (χ4v) is 1.68. The lowest BCUT2D eigenvalue weighted by molar-refractivity contribution is 0.0142. The van der Waals surface area contributed by atoms with E-state index in [9.17, 15) is 9.90 Å². The molecule has 0 saturated carbocycles. The summed E-state index contributed by atoms with van der Waals surface area (Å²) < 4.78 is 1.76. The van der Waals surface area contributed by atoms with E-state index in [1.807, 2.05) is 26.0 Å². The van der Waals surface area contributed by atoms with Gasteiger partial charge in [0.25, 0.3) is 5.91 Å². The van der Waals surface area contributed by atoms with Crippen molar-refractivity contribution in [1.29, 1.82) is 0 Å². The summed E-state index contributed by atoms with van der Waals surface area (Å²) in [6, 6.07) is 7.10. The Balaban J connectivity index is 2.01. The topological polar surface area (TPSA) is 80.0 Å². The molecule has 6 nitrogen and oxygen atoms in total. The zero-order chi connectivity index (χ0) is 15.5. The number of aliphatic hydroxyl groups is 1. The summed E-state index contributed by atoms with van der Waals surface area (Å²) >= 11 is 0. The van der Waals surface area contributed by atoms with Gasteiger partial charge < -0.3 is 10.4 Å². The number of hydrogen-bond donors (Lipinski definition) is 2. The lowest BCUT2D eigenvalue weighted by atomic mass is 9.92. The van der Waals surface area contributed by atoms with Gasteiger partial charge in [-0.3, -0.25) is 9.36 Å². The van der Waals surface area contributed by atoms with Crippen molar-refractivity contribution in [3.8, 4) is 5.69 Å². The van der Waals surface area contributed by atoms with E-state index in [4.69, 9.17) is 0 Å². The van der Waals surface area contributed by atoms with Crippen molar-refractivity contribution in [3.63, 3.8) is 0 Å². The van der Waals surface area contributed by atoms with Crippen LogP contribution in [0.4, 0.5) is 0 Å². The van der Waals surface area contributed by atoms with Crippen molar-refractivity contribution in [2.75, 3.05) is 6.54 Å². The fourth-order valence-electron chi connectivity index (χ4n) is 1.68. The highest BCUT2D eigenvalue weighted by Gasteiger charge is 2.25. The number of carbonyl (C=O) groups is 1. The average Bonchev–Trinajstić information content (AvgIpc) is 2.99. The van der Waals surface area contributed by atoms with Gasteiger partial charge in [0, 0.05) is 17.8 Å². The number of carbonyl (C=O) groups excluding carboxylic acids is 1. The van der Waals surface area contributed by atoms with Gasteiger partial charge in [-0.25, -0.2) is 0 Å². The molecule has 0 radical (unpaired) electrons. The third kappa shape index (κ3) is 3.66. The normalized spacial score (nSPS) is 14.0. The van der Waals surface area contributed by atoms with Crippen molar-refractivity contribution < 1.29 is 9.90 Å². The summed E-state index contributed by atoms with van der Waals surface area (Å²) in [5.74, 6) is -0.139. The van der Waals surface area contributed by atoms with Gasteiger partial charge in [0.1, 0.15) is 12.7 Å². The predicted octanol–water partition coefficient (Wildman–Crippen LogP) is 1.40. The molecule has 1 heterocycles. The molecule has 1 unspecified atom stereocenters. The second-order valence-electron chi connectivity index (χ2n) is 5.61. The first-order valence-electron chi connectivity index (χ1n) is 6.86. The summed E-state index contributed by atoms with van der Waals surface area (Å²) in [6.45, 7) is 5.77. The van der Waals surface area contributed by atoms with Crippen LogP contribution >= 0.6 is 0 Å². The van der Waals surface area contributed by atoms with Crippen molar-refractivity contribution in [3.05, 3.63) is 42.5 Å². The van der Waals surface area contributed by atoms with Gasteiger partial charge in [-0.05, 0) is 37.1 Å². The number of rotatable bonds is 5. The summed E-state index contributed by atoms with van der Waals surface area (Å²) in [6.07, 6.45) is 3.18. The zero-order valence-electron chi connectivity index (χ0n) is 12.4. The van der Waals surface area contributed by atoms with Crippen LogP contribution in [0.5, 0.6) is 0 Å². The van der Waals surface area contributed by atoms with Gasteiger partial charge in [-0.2, -0.15) is 0 Å². The second kappa shape index (κ2) is 6.05. The van der Waals surface area contributed by atoms with E-state index in [2.05, 4.69) is 15.5 Å². The van der Waals surface area contributed by atoms with Gasteiger partial charge >= 0.3 is 0 Å². The Labute approximate surface area is 123 Å². The molecule has 6 heteroatoms. The second-order valence-corrected chi connectivity index (χ2v) is 5.61. The summed E-state index contributed by atoms with van der Waals surface area (Å²) in [5.41, 5.74) is 0.509. The van der Waals surface area contributed by atoms with Crippen LogP contribution in [-0.2, 0) is 0 Å². The van der Waals surface area contributed by atoms with Crippen molar-refractivity contribution in [2.24, 2.45) is 5.92 Å². The first kappa shape index (κ1) is 15.2. The molecular formula is C15H20N4O2. The van der Waals surface area contributed by atoms with Crippen LogP contribution in [0.1, 0.15) is 31.1 Å². The molecule has 0 saturated heterocycles. The molecule has 1 aromatic heterocycles. The first-order valence-corrected chi connectivity index (χ1v) is 6.86. The van der Waals surface area contributed by atoms with Crippen LogP contribution in [0.15, 0.2) is 36.9 Å². The molecule has 2 rings (SSSR count). The Morgan fingerprint density at radius 2 is 1.86 bits per heavy atom. The minimum atomic E-state index is -0.919. The van der Waals surface area contributed by atoms with Crippen LogP contribution in [-0.4, -0.2) is 37.9 Å². The van der Waals surface area contributed by atoms with Gasteiger partial charge in [0.05, 0.1) is 5.60 Å². The zero-order valence-corrected chi connectivity index (χ0v) is 12.4. The summed E-state index contributed by atoms with van der Waals surface area (Å²) in [5, 5.41) is 20.3. The van der Waals surface area contributed by atoms with Crippen LogP contribution in [0.2, 0.25) is 0 Å². The molecule has 0 aliphatic heterocycles. The number of amides is 1. The minimum absolute atomic E-state index is 0.0638. The quantitative estimate of drug-likeness (QED) is 0.871. The third-order valence-electron chi connectivity index (χ3n) is 3.70. The molecule has 2 N–H and O–H groups in total. The molecule has 1 amide bonds. The number of nitrogens with one attached hydrogen (secondary N) is 1. The Hall–Kier alpha value is -2.21. The smallest absolute Gasteiger partial charge is 0.251 e. The standard InChI is InChI=1S/C15H20N4O2/c1-11(2)15(3,21)8-16-14(20)12-4-6-13(7-5-12)19-9-17-18-10-19/h4-7,9-11,21H,8H2,1-3H3,(H,16,20). The minimum Gasteiger partial charge on any atom is -0.388 e. The van der Waals surface area contributed by atoms with E-state index >= 15 is 0 Å². The predicted molar refractivity (Wildman–Crippen MR) is 79.2 cm³/mol. The van der Waals surface area contributed by atoms with Gasteiger partial charge in [0.15, 0.2) is 0 Å². The van der Waals surface area contributed by atoms with E-state index in [-0.39, 0.29) is 18.4 Å². The monoisotopic (exact) mass is 288 g/mol. The molecular weight excluding hydrogens is 268 g/mol. The lowest BCUT2D eigenvalue weighted by Crippen LogP contribution is -2.44. The third-order valence-corrected chi connectivity index (χ3v) is 3.70. The molecule has 1 aromatic carbocycles. The molecule has 1 atom stereocenters. The number of hydrogen-bond acceptors (Lipinski definition) is 4. The average molecular weight is 288 g/mol. The fraction of sp³-hybridized carbons (Fsp3) is 0.400. The lowest BCUT2D eigenvalue weighted by Gasteiger charge is -2.27.